The van der Waals surface area contributed by atoms with Crippen molar-refractivity contribution in [1.29, 1.82) is 0 Å². The standard InChI is InChI=1S/C21H41N3S2/c1-5-7-9-11-13-15-17-25-20(4)24-21(23-19(3)22)26-18-16-14-12-10-8-6-2/h3,5-18,22H2,1-2,4H3. The Hall–Kier alpha value is -0.420. The molecule has 0 radical (unpaired) electrons. The number of nitrogens with two attached hydrogens (primary N) is 1. The Bertz CT molecular complexity index is 406. The number of rotatable bonds is 15. The molecule has 0 aromatic carbocycles. The van der Waals surface area contributed by atoms with E-state index >= 15 is 0 Å². The van der Waals surface area contributed by atoms with E-state index in [1.54, 1.807) is 11.8 Å². The molecule has 152 valence electrons. The summed E-state index contributed by atoms with van der Waals surface area (Å²) >= 11 is 3.54. The molecule has 5 heteroatoms. The Morgan fingerprint density at radius 1 is 0.731 bits per heavy atom. The molecular formula is C21H41N3S2. The van der Waals surface area contributed by atoms with Gasteiger partial charge in [0.2, 0.25) is 0 Å². The molecule has 0 aliphatic heterocycles. The Morgan fingerprint density at radius 2 is 1.19 bits per heavy atom. The average molecular weight is 400 g/mol. The minimum atomic E-state index is 0.341. The van der Waals surface area contributed by atoms with Gasteiger partial charge < -0.3 is 5.73 Å². The molecular weight excluding hydrogens is 358 g/mol. The van der Waals surface area contributed by atoms with Crippen LogP contribution >= 0.6 is 23.5 Å². The second-order valence-electron chi connectivity index (χ2n) is 6.75. The molecule has 0 spiro atoms. The van der Waals surface area contributed by atoms with Crippen molar-refractivity contribution >= 4 is 33.7 Å². The number of hydrogen-bond donors (Lipinski definition) is 1. The normalized spacial score (nSPS) is 12.6. The van der Waals surface area contributed by atoms with Gasteiger partial charge in [-0.2, -0.15) is 0 Å². The van der Waals surface area contributed by atoms with Crippen molar-refractivity contribution in [3.05, 3.63) is 12.4 Å². The van der Waals surface area contributed by atoms with E-state index < -0.39 is 0 Å². The smallest absolute Gasteiger partial charge is 0.190 e. The molecule has 0 rings (SSSR count). The third-order valence-electron chi connectivity index (χ3n) is 4.03. The highest BCUT2D eigenvalue weighted by Crippen LogP contribution is 2.16. The van der Waals surface area contributed by atoms with Gasteiger partial charge in [0.25, 0.3) is 0 Å². The Kier molecular flexibility index (Phi) is 19.0. The number of nitrogens with zero attached hydrogens (tertiary/aromatic N) is 2. The first-order valence-corrected chi connectivity index (χ1v) is 12.4. The Labute approximate surface area is 171 Å². The van der Waals surface area contributed by atoms with Crippen LogP contribution in [0.15, 0.2) is 22.4 Å². The summed E-state index contributed by atoms with van der Waals surface area (Å²) in [6.07, 6.45) is 15.9. The summed E-state index contributed by atoms with van der Waals surface area (Å²) in [6.45, 7) is 10.3. The van der Waals surface area contributed by atoms with Gasteiger partial charge in [0, 0.05) is 5.75 Å². The van der Waals surface area contributed by atoms with Crippen LogP contribution in [0.1, 0.15) is 97.8 Å². The lowest BCUT2D eigenvalue weighted by Crippen LogP contribution is -2.00. The van der Waals surface area contributed by atoms with Crippen LogP contribution in [0.25, 0.3) is 0 Å². The highest BCUT2D eigenvalue weighted by molar-refractivity contribution is 8.15. The van der Waals surface area contributed by atoms with Crippen LogP contribution in [0.4, 0.5) is 0 Å². The molecule has 0 aliphatic rings. The lowest BCUT2D eigenvalue weighted by Gasteiger charge is -2.05. The van der Waals surface area contributed by atoms with Gasteiger partial charge in [-0.05, 0) is 25.5 Å². The highest BCUT2D eigenvalue weighted by atomic mass is 32.2. The summed E-state index contributed by atoms with van der Waals surface area (Å²) in [5, 5.41) is 1.84. The molecule has 0 aromatic heterocycles. The molecule has 3 nitrogen and oxygen atoms in total. The predicted octanol–water partition coefficient (Wildman–Crippen LogP) is 7.38. The zero-order valence-corrected chi connectivity index (χ0v) is 19.0. The Balaban J connectivity index is 4.05. The minimum Gasteiger partial charge on any atom is -0.384 e. The van der Waals surface area contributed by atoms with Crippen molar-refractivity contribution < 1.29 is 0 Å². The van der Waals surface area contributed by atoms with Crippen molar-refractivity contribution in [2.24, 2.45) is 15.7 Å². The van der Waals surface area contributed by atoms with Gasteiger partial charge in [-0.1, -0.05) is 96.4 Å². The monoisotopic (exact) mass is 399 g/mol. The van der Waals surface area contributed by atoms with Crippen LogP contribution in [0.2, 0.25) is 0 Å². The summed E-state index contributed by atoms with van der Waals surface area (Å²) in [4.78, 5) is 8.97. The molecule has 0 saturated carbocycles. The van der Waals surface area contributed by atoms with Crippen molar-refractivity contribution in [2.75, 3.05) is 11.5 Å². The molecule has 0 bridgehead atoms. The fourth-order valence-electron chi connectivity index (χ4n) is 2.53. The second kappa shape index (κ2) is 19.3. The quantitative estimate of drug-likeness (QED) is 0.177. The van der Waals surface area contributed by atoms with Crippen LogP contribution in [0, 0.1) is 0 Å². The van der Waals surface area contributed by atoms with Crippen molar-refractivity contribution in [3.63, 3.8) is 0 Å². The van der Waals surface area contributed by atoms with E-state index in [2.05, 4.69) is 37.3 Å². The molecule has 0 aromatic rings. The summed E-state index contributed by atoms with van der Waals surface area (Å²) in [6, 6.07) is 0. The zero-order valence-electron chi connectivity index (χ0n) is 17.4. The molecule has 0 aliphatic carbocycles. The Morgan fingerprint density at radius 3 is 1.69 bits per heavy atom. The van der Waals surface area contributed by atoms with Crippen LogP contribution in [0.5, 0.6) is 0 Å². The maximum Gasteiger partial charge on any atom is 0.190 e. The van der Waals surface area contributed by atoms with Gasteiger partial charge in [-0.3, -0.25) is 0 Å². The highest BCUT2D eigenvalue weighted by Gasteiger charge is 2.02. The molecule has 0 atom stereocenters. The van der Waals surface area contributed by atoms with Crippen molar-refractivity contribution in [2.45, 2.75) is 97.8 Å². The third kappa shape index (κ3) is 18.4. The van der Waals surface area contributed by atoms with E-state index in [0.29, 0.717) is 5.82 Å². The number of aliphatic imine (C=N–C) groups is 2. The lowest BCUT2D eigenvalue weighted by molar-refractivity contribution is 0.627. The van der Waals surface area contributed by atoms with Crippen LogP contribution in [-0.4, -0.2) is 21.7 Å². The lowest BCUT2D eigenvalue weighted by atomic mass is 10.1. The molecule has 0 heterocycles. The van der Waals surface area contributed by atoms with Gasteiger partial charge in [0.05, 0.1) is 5.04 Å². The van der Waals surface area contributed by atoms with Gasteiger partial charge in [0.1, 0.15) is 5.82 Å². The molecule has 0 saturated heterocycles. The number of hydrogen-bond acceptors (Lipinski definition) is 4. The van der Waals surface area contributed by atoms with E-state index in [1.807, 2.05) is 11.8 Å². The largest absolute Gasteiger partial charge is 0.384 e. The van der Waals surface area contributed by atoms with E-state index in [1.165, 1.54) is 77.0 Å². The summed E-state index contributed by atoms with van der Waals surface area (Å²) in [5.74, 6) is 2.53. The summed E-state index contributed by atoms with van der Waals surface area (Å²) in [5.41, 5.74) is 5.66. The van der Waals surface area contributed by atoms with E-state index in [4.69, 9.17) is 5.73 Å². The average Bonchev–Trinajstić information content (AvgIpc) is 2.59. The van der Waals surface area contributed by atoms with E-state index in [-0.39, 0.29) is 0 Å². The van der Waals surface area contributed by atoms with Crippen LogP contribution < -0.4 is 5.73 Å². The topological polar surface area (TPSA) is 50.7 Å². The number of thioether (sulfide) groups is 2. The summed E-state index contributed by atoms with van der Waals surface area (Å²) < 4.78 is 0. The number of unbranched alkanes of at least 4 members (excludes halogenated alkanes) is 10. The fourth-order valence-corrected chi connectivity index (χ4v) is 4.29. The zero-order chi connectivity index (χ0) is 19.5. The first-order valence-electron chi connectivity index (χ1n) is 10.4. The van der Waals surface area contributed by atoms with E-state index in [0.717, 1.165) is 21.7 Å². The fraction of sp³-hybridized carbons (Fsp3) is 0.810. The second-order valence-corrected chi connectivity index (χ2v) is 9.10. The van der Waals surface area contributed by atoms with Gasteiger partial charge in [-0.25, -0.2) is 9.98 Å². The maximum atomic E-state index is 5.66. The van der Waals surface area contributed by atoms with Gasteiger partial charge >= 0.3 is 0 Å². The first kappa shape index (κ1) is 25.6. The van der Waals surface area contributed by atoms with Crippen molar-refractivity contribution in [1.82, 2.24) is 0 Å². The third-order valence-corrected chi connectivity index (χ3v) is 5.97. The predicted molar refractivity (Wildman–Crippen MR) is 126 cm³/mol. The SMILES string of the molecule is C=C(N)N=C(N=C(C)SCCCCCCCC)SCCCCCCCC. The summed E-state index contributed by atoms with van der Waals surface area (Å²) in [7, 11) is 0. The van der Waals surface area contributed by atoms with Gasteiger partial charge in [-0.15, -0.1) is 11.8 Å². The van der Waals surface area contributed by atoms with Crippen molar-refractivity contribution in [3.8, 4) is 0 Å². The molecule has 2 N–H and O–H groups in total. The number of amidine groups is 1. The van der Waals surface area contributed by atoms with Crippen LogP contribution in [-0.2, 0) is 0 Å². The molecule has 0 fully saturated rings. The van der Waals surface area contributed by atoms with Gasteiger partial charge in [0.15, 0.2) is 5.17 Å². The molecule has 0 amide bonds. The minimum absolute atomic E-state index is 0.341. The first-order chi connectivity index (χ1) is 12.6. The van der Waals surface area contributed by atoms with Crippen LogP contribution in [0.3, 0.4) is 0 Å². The maximum absolute atomic E-state index is 5.66. The van der Waals surface area contributed by atoms with E-state index in [9.17, 15) is 0 Å². The molecule has 26 heavy (non-hydrogen) atoms. The molecule has 0 unspecified atom stereocenters.